The number of ether oxygens (including phenoxy) is 1. The molecule has 0 rings (SSSR count). The second kappa shape index (κ2) is 51.6. The van der Waals surface area contributed by atoms with Crippen molar-refractivity contribution in [3.63, 3.8) is 0 Å². The Labute approximate surface area is 377 Å². The third kappa shape index (κ3) is 113. The fourth-order valence-electron chi connectivity index (χ4n) is 4.32. The summed E-state index contributed by atoms with van der Waals surface area (Å²) in [6.45, 7) is 38.2. The number of rotatable bonds is 23. The van der Waals surface area contributed by atoms with E-state index in [0.29, 0.717) is 55.5 Å². The van der Waals surface area contributed by atoms with E-state index in [1.54, 1.807) is 5.48 Å². The minimum atomic E-state index is -0.685. The largest absolute Gasteiger partial charge is 0.481 e. The number of aldehydes is 1. The average Bonchev–Trinajstić information content (AvgIpc) is 3.11. The van der Waals surface area contributed by atoms with Crippen LogP contribution in [0.25, 0.3) is 0 Å². The molecule has 0 aliphatic rings. The summed E-state index contributed by atoms with van der Waals surface area (Å²) in [5.74, 6) is 2.23. The Hall–Kier alpha value is -2.79. The van der Waals surface area contributed by atoms with Gasteiger partial charge in [-0.25, -0.2) is 5.48 Å². The number of allylic oxidation sites excluding steroid dienone is 1. The molecule has 11 heteroatoms. The molecule has 0 radical (unpaired) electrons. The lowest BCUT2D eigenvalue weighted by atomic mass is 9.90. The number of carbonyl (C=O) groups excluding carboxylic acids is 4. The fourth-order valence-corrected chi connectivity index (χ4v) is 4.32. The van der Waals surface area contributed by atoms with Crippen LogP contribution in [0.15, 0.2) is 12.7 Å². The van der Waals surface area contributed by atoms with Gasteiger partial charge >= 0.3 is 11.9 Å². The number of nitrogens with two attached hydrogens (primary N) is 1. The van der Waals surface area contributed by atoms with Gasteiger partial charge in [0.25, 0.3) is 0 Å². The number of carbonyl (C=O) groups is 5. The number of amides is 2. The number of esters is 1. The Morgan fingerprint density at radius 3 is 1.31 bits per heavy atom. The average molecular weight is 877 g/mol. The van der Waals surface area contributed by atoms with E-state index >= 15 is 0 Å². The van der Waals surface area contributed by atoms with Crippen molar-refractivity contribution in [3.8, 4) is 0 Å². The zero-order valence-corrected chi connectivity index (χ0v) is 43.1. The van der Waals surface area contributed by atoms with Crippen LogP contribution in [0, 0.1) is 40.4 Å². The summed E-state index contributed by atoms with van der Waals surface area (Å²) in [5.41, 5.74) is 7.20. The maximum atomic E-state index is 10.6. The van der Waals surface area contributed by atoms with Crippen LogP contribution in [0.2, 0.25) is 0 Å². The fraction of sp³-hybridized carbons (Fsp3) is 0.860. The number of carboxylic acids is 1. The van der Waals surface area contributed by atoms with Gasteiger partial charge in [0.1, 0.15) is 6.29 Å². The number of methoxy groups -OCH3 is 1. The first kappa shape index (κ1) is 72.6. The lowest BCUT2D eigenvalue weighted by molar-refractivity contribution is -0.141. The van der Waals surface area contributed by atoms with E-state index in [1.807, 2.05) is 6.08 Å². The van der Waals surface area contributed by atoms with Gasteiger partial charge in [0.15, 0.2) is 0 Å². The highest BCUT2D eigenvalue weighted by molar-refractivity contribution is 5.74. The quantitative estimate of drug-likeness (QED) is 0.0166. The number of primary amides is 1. The van der Waals surface area contributed by atoms with Gasteiger partial charge < -0.3 is 25.5 Å². The number of hydrogen-bond acceptors (Lipinski definition) is 8. The van der Waals surface area contributed by atoms with Crippen LogP contribution < -0.4 is 11.2 Å². The number of hydroxylamine groups is 1. The van der Waals surface area contributed by atoms with Gasteiger partial charge in [0, 0.05) is 38.7 Å². The third-order valence-electron chi connectivity index (χ3n) is 8.13. The minimum Gasteiger partial charge on any atom is -0.481 e. The highest BCUT2D eigenvalue weighted by Crippen LogP contribution is 2.22. The van der Waals surface area contributed by atoms with Crippen LogP contribution in [0.1, 0.15) is 226 Å². The van der Waals surface area contributed by atoms with Gasteiger partial charge in [-0.05, 0) is 91.8 Å². The van der Waals surface area contributed by atoms with Crippen molar-refractivity contribution in [2.45, 2.75) is 226 Å². The maximum absolute atomic E-state index is 10.6. The first-order valence-corrected chi connectivity index (χ1v) is 23.1. The number of aliphatic carboxylic acids is 1. The van der Waals surface area contributed by atoms with Gasteiger partial charge in [-0.1, -0.05) is 149 Å². The maximum Gasteiger partial charge on any atom is 0.305 e. The van der Waals surface area contributed by atoms with E-state index < -0.39 is 5.97 Å². The normalized spacial score (nSPS) is 10.4. The van der Waals surface area contributed by atoms with Crippen LogP contribution in [0.5, 0.6) is 0 Å². The van der Waals surface area contributed by atoms with Gasteiger partial charge in [0.2, 0.25) is 11.8 Å². The molecule has 0 unspecified atom stereocenters. The van der Waals surface area contributed by atoms with Crippen LogP contribution in [-0.4, -0.2) is 59.2 Å². The van der Waals surface area contributed by atoms with Crippen LogP contribution in [0.3, 0.4) is 0 Å². The highest BCUT2D eigenvalue weighted by atomic mass is 16.5. The van der Waals surface area contributed by atoms with E-state index in [0.717, 1.165) is 88.8 Å². The monoisotopic (exact) mass is 877 g/mol. The van der Waals surface area contributed by atoms with Crippen molar-refractivity contribution < 1.29 is 44.1 Å². The molecule has 0 aliphatic heterocycles. The zero-order valence-electron chi connectivity index (χ0n) is 43.1. The molecule has 0 atom stereocenters. The number of carboxylic acid groups (broad SMARTS) is 1. The van der Waals surface area contributed by atoms with E-state index in [-0.39, 0.29) is 23.2 Å². The Balaban J connectivity index is -0.000000113. The van der Waals surface area contributed by atoms with Crippen molar-refractivity contribution >= 4 is 30.0 Å². The lowest BCUT2D eigenvalue weighted by Crippen LogP contribution is -2.18. The summed E-state index contributed by atoms with van der Waals surface area (Å²) < 4.78 is 4.49. The Bertz CT molecular complexity index is 981. The first-order chi connectivity index (χ1) is 28.0. The Kier molecular flexibility index (Phi) is 61.4. The molecule has 11 nitrogen and oxygen atoms in total. The number of hydrogen-bond donors (Lipinski definition) is 5. The van der Waals surface area contributed by atoms with Crippen LogP contribution in [-0.2, 0) is 28.7 Å². The summed E-state index contributed by atoms with van der Waals surface area (Å²) in [6, 6.07) is 0. The number of nitrogens with one attached hydrogen (secondary N) is 1. The van der Waals surface area contributed by atoms with Gasteiger partial charge in [0.05, 0.1) is 7.11 Å². The first-order valence-electron chi connectivity index (χ1n) is 23.1. The number of aliphatic hydroxyl groups is 1. The van der Waals surface area contributed by atoms with Gasteiger partial charge in [-0.3, -0.25) is 24.4 Å². The Morgan fingerprint density at radius 1 is 0.639 bits per heavy atom. The highest BCUT2D eigenvalue weighted by Gasteiger charge is 2.11. The molecule has 0 aliphatic carbocycles. The summed E-state index contributed by atoms with van der Waals surface area (Å²) in [5, 5.41) is 24.8. The Morgan fingerprint density at radius 2 is 1.02 bits per heavy atom. The van der Waals surface area contributed by atoms with Gasteiger partial charge in [-0.15, -0.1) is 6.58 Å². The molecule has 0 spiro atoms. The third-order valence-corrected chi connectivity index (χ3v) is 8.13. The molecule has 0 saturated carbocycles. The SMILES string of the molecule is C=CC(C)C.CC(C)(C)CCCC(=O)NO.CC(C)(C)CCCC(N)=O.CC(C)CCCC(=O)O.CC(C)CCCC=O.CC(C)CCCCO.COC(=O)CCCC(C)C. The summed E-state index contributed by atoms with van der Waals surface area (Å²) in [7, 11) is 1.43. The molecule has 0 aromatic rings. The van der Waals surface area contributed by atoms with Crippen molar-refractivity contribution in [2.75, 3.05) is 13.7 Å². The van der Waals surface area contributed by atoms with Gasteiger partial charge in [-0.2, -0.15) is 0 Å². The molecule has 61 heavy (non-hydrogen) atoms. The molecular formula is C50H104N2O9. The van der Waals surface area contributed by atoms with Crippen molar-refractivity contribution in [1.29, 1.82) is 0 Å². The lowest BCUT2D eigenvalue weighted by Gasteiger charge is -2.16. The zero-order chi connectivity index (χ0) is 49.5. The number of unbranched alkanes of at least 4 members (excludes halogenated alkanes) is 2. The van der Waals surface area contributed by atoms with E-state index in [1.165, 1.54) is 26.4 Å². The van der Waals surface area contributed by atoms with Crippen molar-refractivity contribution in [1.82, 2.24) is 5.48 Å². The van der Waals surface area contributed by atoms with E-state index in [2.05, 4.69) is 122 Å². The summed E-state index contributed by atoms with van der Waals surface area (Å²) in [4.78, 5) is 51.2. The molecule has 368 valence electrons. The predicted octanol–water partition coefficient (Wildman–Crippen LogP) is 12.9. The van der Waals surface area contributed by atoms with E-state index in [4.69, 9.17) is 21.2 Å². The second-order valence-corrected chi connectivity index (χ2v) is 20.0. The summed E-state index contributed by atoms with van der Waals surface area (Å²) in [6.07, 6.45) is 18.8. The molecule has 0 bridgehead atoms. The van der Waals surface area contributed by atoms with E-state index in [9.17, 15) is 24.0 Å². The minimum absolute atomic E-state index is 0.0966. The second-order valence-electron chi connectivity index (χ2n) is 20.0. The standard InChI is InChI=1S/C8H17NO2.C8H17NO.C8H16O2.C7H14O2.C7H16O.C7H14O.C5H10/c1-8(2,3)6-4-5-7(10)9-11;1-8(2,3)6-4-5-7(9)10;1-7(2)5-4-6-8(9)10-3;1-6(2)4-3-5-7(8)9;2*1-7(2)5-3-4-6-8;1-4-5(2)3/h11H,4-6H2,1-3H3,(H,9,10);4-6H2,1-3H3,(H2,9,10);7H,4-6H2,1-3H3;6H,3-5H2,1-2H3,(H,8,9);7-8H,3-6H2,1-2H3;6-7H,3-5H2,1-2H3;4-5H,1H2,2-3H3. The molecule has 2 amide bonds. The van der Waals surface area contributed by atoms with Crippen LogP contribution in [0.4, 0.5) is 0 Å². The molecule has 6 N–H and O–H groups in total. The van der Waals surface area contributed by atoms with Crippen LogP contribution >= 0.6 is 0 Å². The molecule has 0 aromatic heterocycles. The van der Waals surface area contributed by atoms with Crippen molar-refractivity contribution in [2.24, 2.45) is 46.2 Å². The smallest absolute Gasteiger partial charge is 0.305 e. The molecular weight excluding hydrogens is 773 g/mol. The topological polar surface area (TPSA) is 193 Å². The van der Waals surface area contributed by atoms with Crippen molar-refractivity contribution in [3.05, 3.63) is 12.7 Å². The predicted molar refractivity (Wildman–Crippen MR) is 258 cm³/mol. The molecule has 0 heterocycles. The molecule has 0 fully saturated rings. The summed E-state index contributed by atoms with van der Waals surface area (Å²) >= 11 is 0. The number of aliphatic hydroxyl groups excluding tert-OH is 1. The molecule has 0 saturated heterocycles. The molecule has 0 aromatic carbocycles.